The molecule has 0 amide bonds. The second-order valence-corrected chi connectivity index (χ2v) is 4.36. The number of carbonyl (C=O) groups is 1. The first-order valence-corrected chi connectivity index (χ1v) is 6.19. The highest BCUT2D eigenvalue weighted by molar-refractivity contribution is 6.32. The lowest BCUT2D eigenvalue weighted by atomic mass is 10.1. The first-order chi connectivity index (χ1) is 9.20. The summed E-state index contributed by atoms with van der Waals surface area (Å²) in [4.78, 5) is 11.9. The maximum absolute atomic E-state index is 11.9. The van der Waals surface area contributed by atoms with Crippen LogP contribution in [0.25, 0.3) is 6.08 Å². The third-order valence-corrected chi connectivity index (χ3v) is 3.01. The molecule has 0 heterocycles. The van der Waals surface area contributed by atoms with E-state index in [-0.39, 0.29) is 5.78 Å². The molecule has 96 valence electrons. The van der Waals surface area contributed by atoms with Crippen molar-refractivity contribution in [3.63, 3.8) is 0 Å². The van der Waals surface area contributed by atoms with Crippen molar-refractivity contribution >= 4 is 23.5 Å². The number of ketones is 1. The van der Waals surface area contributed by atoms with Gasteiger partial charge < -0.3 is 4.74 Å². The average Bonchev–Trinajstić information content (AvgIpc) is 2.46. The summed E-state index contributed by atoms with van der Waals surface area (Å²) in [5.41, 5.74) is 1.44. The minimum Gasteiger partial charge on any atom is -0.497 e. The van der Waals surface area contributed by atoms with Gasteiger partial charge in [-0.1, -0.05) is 41.9 Å². The number of halogens is 1. The second kappa shape index (κ2) is 6.21. The molecule has 2 rings (SSSR count). The molecule has 2 aromatic carbocycles. The molecule has 0 N–H and O–H groups in total. The lowest BCUT2D eigenvalue weighted by molar-refractivity contribution is 0.104. The fraction of sp³-hybridized carbons (Fsp3) is 0.0625. The van der Waals surface area contributed by atoms with Crippen LogP contribution in [0.5, 0.6) is 5.75 Å². The van der Waals surface area contributed by atoms with Gasteiger partial charge in [-0.25, -0.2) is 0 Å². The molecule has 2 nitrogen and oxygen atoms in total. The van der Waals surface area contributed by atoms with Crippen molar-refractivity contribution in [1.82, 2.24) is 0 Å². The molecule has 19 heavy (non-hydrogen) atoms. The van der Waals surface area contributed by atoms with E-state index < -0.39 is 0 Å². The highest BCUT2D eigenvalue weighted by Crippen LogP contribution is 2.23. The number of ether oxygens (including phenoxy) is 1. The number of hydrogen-bond donors (Lipinski definition) is 0. The molecule has 0 aromatic heterocycles. The monoisotopic (exact) mass is 272 g/mol. The zero-order valence-electron chi connectivity index (χ0n) is 10.5. The largest absolute Gasteiger partial charge is 0.497 e. The van der Waals surface area contributed by atoms with E-state index >= 15 is 0 Å². The lowest BCUT2D eigenvalue weighted by Crippen LogP contribution is -1.92. The van der Waals surface area contributed by atoms with Crippen molar-refractivity contribution in [1.29, 1.82) is 0 Å². The minimum atomic E-state index is -0.0486. The molecule has 0 saturated heterocycles. The SMILES string of the molecule is COc1ccc(/C=C/C(=O)c2ccccc2)c(Cl)c1. The van der Waals surface area contributed by atoms with Crippen molar-refractivity contribution in [2.24, 2.45) is 0 Å². The summed E-state index contributed by atoms with van der Waals surface area (Å²) in [7, 11) is 1.58. The molecule has 0 aliphatic heterocycles. The molecular formula is C16H13ClO2. The van der Waals surface area contributed by atoms with Gasteiger partial charge in [0.05, 0.1) is 12.1 Å². The Hall–Kier alpha value is -2.06. The summed E-state index contributed by atoms with van der Waals surface area (Å²) in [6.07, 6.45) is 3.22. The molecule has 0 fully saturated rings. The smallest absolute Gasteiger partial charge is 0.185 e. The van der Waals surface area contributed by atoms with E-state index in [0.29, 0.717) is 16.3 Å². The number of methoxy groups -OCH3 is 1. The first kappa shape index (κ1) is 13.4. The fourth-order valence-electron chi connectivity index (χ4n) is 1.63. The van der Waals surface area contributed by atoms with Crippen LogP contribution >= 0.6 is 11.6 Å². The molecule has 0 bridgehead atoms. The summed E-state index contributed by atoms with van der Waals surface area (Å²) in [6.45, 7) is 0. The molecular weight excluding hydrogens is 260 g/mol. The standard InChI is InChI=1S/C16H13ClO2/c1-19-14-9-7-12(15(17)11-14)8-10-16(18)13-5-3-2-4-6-13/h2-11H,1H3/b10-8+. The minimum absolute atomic E-state index is 0.0486. The molecule has 0 saturated carbocycles. The highest BCUT2D eigenvalue weighted by atomic mass is 35.5. The average molecular weight is 273 g/mol. The van der Waals surface area contributed by atoms with Crippen LogP contribution in [0, 0.1) is 0 Å². The molecule has 0 aliphatic carbocycles. The molecule has 0 radical (unpaired) electrons. The Bertz CT molecular complexity index is 603. The maximum atomic E-state index is 11.9. The van der Waals surface area contributed by atoms with Crippen LogP contribution in [0.1, 0.15) is 15.9 Å². The van der Waals surface area contributed by atoms with E-state index in [9.17, 15) is 4.79 Å². The predicted molar refractivity (Wildman–Crippen MR) is 77.8 cm³/mol. The Balaban J connectivity index is 2.17. The van der Waals surface area contributed by atoms with Crippen molar-refractivity contribution < 1.29 is 9.53 Å². The van der Waals surface area contributed by atoms with E-state index in [1.165, 1.54) is 6.08 Å². The molecule has 0 aliphatic rings. The first-order valence-electron chi connectivity index (χ1n) is 5.81. The van der Waals surface area contributed by atoms with Crippen LogP contribution in [-0.4, -0.2) is 12.9 Å². The molecule has 0 unspecified atom stereocenters. The Labute approximate surface area is 117 Å². The van der Waals surface area contributed by atoms with Gasteiger partial charge in [-0.3, -0.25) is 4.79 Å². The van der Waals surface area contributed by atoms with Gasteiger partial charge in [0.15, 0.2) is 5.78 Å². The van der Waals surface area contributed by atoms with Crippen molar-refractivity contribution in [2.45, 2.75) is 0 Å². The highest BCUT2D eigenvalue weighted by Gasteiger charge is 2.02. The zero-order chi connectivity index (χ0) is 13.7. The second-order valence-electron chi connectivity index (χ2n) is 3.95. The summed E-state index contributed by atoms with van der Waals surface area (Å²) < 4.78 is 5.07. The van der Waals surface area contributed by atoms with Gasteiger partial charge in [0.1, 0.15) is 5.75 Å². The van der Waals surface area contributed by atoms with Crippen LogP contribution in [0.15, 0.2) is 54.6 Å². The van der Waals surface area contributed by atoms with Gasteiger partial charge in [0.25, 0.3) is 0 Å². The Morgan fingerprint density at radius 1 is 1.16 bits per heavy atom. The Morgan fingerprint density at radius 3 is 2.53 bits per heavy atom. The maximum Gasteiger partial charge on any atom is 0.185 e. The summed E-state index contributed by atoms with van der Waals surface area (Å²) >= 11 is 6.10. The lowest BCUT2D eigenvalue weighted by Gasteiger charge is -2.02. The van der Waals surface area contributed by atoms with Gasteiger partial charge in [0, 0.05) is 5.56 Å². The predicted octanol–water partition coefficient (Wildman–Crippen LogP) is 4.24. The van der Waals surface area contributed by atoms with Crippen molar-refractivity contribution in [3.8, 4) is 5.75 Å². The number of benzene rings is 2. The molecule has 0 atom stereocenters. The van der Waals surface area contributed by atoms with Gasteiger partial charge in [-0.15, -0.1) is 0 Å². The van der Waals surface area contributed by atoms with Gasteiger partial charge in [-0.2, -0.15) is 0 Å². The van der Waals surface area contributed by atoms with E-state index in [2.05, 4.69) is 0 Å². The number of rotatable bonds is 4. The van der Waals surface area contributed by atoms with Crippen molar-refractivity contribution in [3.05, 3.63) is 70.8 Å². The Kier molecular flexibility index (Phi) is 4.37. The third kappa shape index (κ3) is 3.46. The molecule has 3 heteroatoms. The molecule has 0 spiro atoms. The van der Waals surface area contributed by atoms with Crippen LogP contribution in [-0.2, 0) is 0 Å². The van der Waals surface area contributed by atoms with E-state index in [4.69, 9.17) is 16.3 Å². The Morgan fingerprint density at radius 2 is 1.89 bits per heavy atom. The normalized spacial score (nSPS) is 10.6. The van der Waals surface area contributed by atoms with Crippen LogP contribution in [0.2, 0.25) is 5.02 Å². The zero-order valence-corrected chi connectivity index (χ0v) is 11.2. The van der Waals surface area contributed by atoms with Crippen LogP contribution in [0.3, 0.4) is 0 Å². The van der Waals surface area contributed by atoms with Crippen molar-refractivity contribution in [2.75, 3.05) is 7.11 Å². The van der Waals surface area contributed by atoms with E-state index in [1.807, 2.05) is 24.3 Å². The third-order valence-electron chi connectivity index (χ3n) is 2.68. The van der Waals surface area contributed by atoms with Crippen LogP contribution < -0.4 is 4.74 Å². The van der Waals surface area contributed by atoms with Gasteiger partial charge in [0.2, 0.25) is 0 Å². The fourth-order valence-corrected chi connectivity index (χ4v) is 1.87. The van der Waals surface area contributed by atoms with Gasteiger partial charge >= 0.3 is 0 Å². The van der Waals surface area contributed by atoms with E-state index in [0.717, 1.165) is 5.56 Å². The summed E-state index contributed by atoms with van der Waals surface area (Å²) in [5.74, 6) is 0.643. The number of hydrogen-bond acceptors (Lipinski definition) is 2. The molecule has 2 aromatic rings. The van der Waals surface area contributed by atoms with E-state index in [1.54, 1.807) is 37.5 Å². The van der Waals surface area contributed by atoms with Gasteiger partial charge in [-0.05, 0) is 35.9 Å². The summed E-state index contributed by atoms with van der Waals surface area (Å²) in [6, 6.07) is 14.4. The topological polar surface area (TPSA) is 26.3 Å². The number of carbonyl (C=O) groups excluding carboxylic acids is 1. The summed E-state index contributed by atoms with van der Waals surface area (Å²) in [5, 5.41) is 0.552. The number of allylic oxidation sites excluding steroid dienone is 1. The van der Waals surface area contributed by atoms with Crippen LogP contribution in [0.4, 0.5) is 0 Å². The quantitative estimate of drug-likeness (QED) is 0.614.